The van der Waals surface area contributed by atoms with Crippen molar-refractivity contribution < 1.29 is 28.6 Å². The number of hydrogen-bond acceptors (Lipinski definition) is 6. The highest BCUT2D eigenvalue weighted by molar-refractivity contribution is 5.71. The molecule has 0 aliphatic rings. The smallest absolute Gasteiger partial charge is 0.306 e. The first-order valence-electron chi connectivity index (χ1n) is 13.7. The molecule has 0 N–H and O–H groups in total. The second-order valence-corrected chi connectivity index (χ2v) is 10.3. The Balaban J connectivity index is 4.41. The molecule has 0 radical (unpaired) electrons. The molecule has 0 amide bonds. The van der Waals surface area contributed by atoms with Crippen LogP contribution >= 0.6 is 0 Å². The molecule has 0 aromatic carbocycles. The summed E-state index contributed by atoms with van der Waals surface area (Å²) in [5, 5.41) is 0. The van der Waals surface area contributed by atoms with Gasteiger partial charge in [-0.15, -0.1) is 0 Å². The maximum Gasteiger partial charge on any atom is 0.306 e. The summed E-state index contributed by atoms with van der Waals surface area (Å²) >= 11 is 0. The summed E-state index contributed by atoms with van der Waals surface area (Å²) in [5.74, 6) is 0.281. The molecule has 6 nitrogen and oxygen atoms in total. The lowest BCUT2D eigenvalue weighted by Crippen LogP contribution is -2.30. The summed E-state index contributed by atoms with van der Waals surface area (Å²) in [5.41, 5.74) is 0. The van der Waals surface area contributed by atoms with Crippen molar-refractivity contribution >= 4 is 17.9 Å². The van der Waals surface area contributed by atoms with Gasteiger partial charge in [0.05, 0.1) is 0 Å². The molecule has 0 rings (SSSR count). The molecule has 0 aliphatic heterocycles. The average Bonchev–Trinajstić information content (AvgIpc) is 2.78. The van der Waals surface area contributed by atoms with Gasteiger partial charge < -0.3 is 14.2 Å². The normalized spacial score (nSPS) is 12.1. The number of carbonyl (C=O) groups is 3. The van der Waals surface area contributed by atoms with Crippen LogP contribution in [0.5, 0.6) is 0 Å². The Labute approximate surface area is 208 Å². The van der Waals surface area contributed by atoms with Crippen molar-refractivity contribution in [3.05, 3.63) is 0 Å². The zero-order chi connectivity index (χ0) is 25.6. The van der Waals surface area contributed by atoms with Crippen molar-refractivity contribution in [2.45, 2.75) is 137 Å². The van der Waals surface area contributed by atoms with E-state index in [1.165, 1.54) is 19.3 Å². The van der Waals surface area contributed by atoms with Crippen LogP contribution in [-0.2, 0) is 28.6 Å². The van der Waals surface area contributed by atoms with E-state index in [-0.39, 0.29) is 31.1 Å². The monoisotopic (exact) mass is 484 g/mol. The molecule has 0 aliphatic carbocycles. The van der Waals surface area contributed by atoms with Gasteiger partial charge in [0.15, 0.2) is 6.10 Å². The standard InChI is InChI=1S/C28H52O6/c1-6-7-8-9-10-11-18-26(29)32-21-25(34-28(31)20-15-13-17-24(4)5)22-33-27(30)19-14-12-16-23(2)3/h23-25H,6-22H2,1-5H3. The molecule has 0 bridgehead atoms. The molecule has 0 aromatic heterocycles. The van der Waals surface area contributed by atoms with E-state index in [1.54, 1.807) is 0 Å². The second kappa shape index (κ2) is 21.9. The lowest BCUT2D eigenvalue weighted by Gasteiger charge is -2.18. The van der Waals surface area contributed by atoms with Crippen LogP contribution < -0.4 is 0 Å². The van der Waals surface area contributed by atoms with Gasteiger partial charge in [0, 0.05) is 19.3 Å². The van der Waals surface area contributed by atoms with Gasteiger partial charge in [-0.3, -0.25) is 14.4 Å². The van der Waals surface area contributed by atoms with Crippen molar-refractivity contribution in [2.24, 2.45) is 11.8 Å². The van der Waals surface area contributed by atoms with Crippen LogP contribution in [0.2, 0.25) is 0 Å². The number of hydrogen-bond donors (Lipinski definition) is 0. The van der Waals surface area contributed by atoms with E-state index < -0.39 is 6.10 Å². The molecule has 200 valence electrons. The molecule has 0 aromatic rings. The maximum atomic E-state index is 12.3. The van der Waals surface area contributed by atoms with E-state index in [2.05, 4.69) is 34.6 Å². The van der Waals surface area contributed by atoms with Gasteiger partial charge >= 0.3 is 17.9 Å². The quantitative estimate of drug-likeness (QED) is 0.0921. The molecule has 0 fully saturated rings. The fraction of sp³-hybridized carbons (Fsp3) is 0.893. The van der Waals surface area contributed by atoms with E-state index in [4.69, 9.17) is 14.2 Å². The van der Waals surface area contributed by atoms with Crippen molar-refractivity contribution in [3.63, 3.8) is 0 Å². The lowest BCUT2D eigenvalue weighted by atomic mass is 10.1. The highest BCUT2D eigenvalue weighted by Gasteiger charge is 2.19. The van der Waals surface area contributed by atoms with Crippen LogP contribution in [0.15, 0.2) is 0 Å². The minimum Gasteiger partial charge on any atom is -0.462 e. The van der Waals surface area contributed by atoms with Gasteiger partial charge in [0.25, 0.3) is 0 Å². The number of ether oxygens (including phenoxy) is 3. The van der Waals surface area contributed by atoms with Crippen LogP contribution in [0.1, 0.15) is 131 Å². The number of unbranched alkanes of at least 4 members (excludes halogenated alkanes) is 7. The van der Waals surface area contributed by atoms with Crippen molar-refractivity contribution in [2.75, 3.05) is 13.2 Å². The molecular weight excluding hydrogens is 432 g/mol. The third-order valence-corrected chi connectivity index (χ3v) is 5.72. The Bertz CT molecular complexity index is 529. The van der Waals surface area contributed by atoms with Crippen LogP contribution in [0.25, 0.3) is 0 Å². The van der Waals surface area contributed by atoms with Crippen molar-refractivity contribution in [1.82, 2.24) is 0 Å². The summed E-state index contributed by atoms with van der Waals surface area (Å²) in [6.07, 6.45) is 12.5. The number of rotatable bonds is 22. The van der Waals surface area contributed by atoms with E-state index >= 15 is 0 Å². The van der Waals surface area contributed by atoms with Crippen LogP contribution in [-0.4, -0.2) is 37.2 Å². The minimum absolute atomic E-state index is 0.0764. The summed E-state index contributed by atoms with van der Waals surface area (Å²) in [7, 11) is 0. The summed E-state index contributed by atoms with van der Waals surface area (Å²) in [6, 6.07) is 0. The Morgan fingerprint density at radius 1 is 0.559 bits per heavy atom. The van der Waals surface area contributed by atoms with Gasteiger partial charge in [-0.05, 0) is 31.1 Å². The zero-order valence-electron chi connectivity index (χ0n) is 22.7. The van der Waals surface area contributed by atoms with Gasteiger partial charge in [0.1, 0.15) is 13.2 Å². The van der Waals surface area contributed by atoms with Crippen molar-refractivity contribution in [1.29, 1.82) is 0 Å². The Morgan fingerprint density at radius 2 is 0.971 bits per heavy atom. The highest BCUT2D eigenvalue weighted by atomic mass is 16.6. The first-order chi connectivity index (χ1) is 16.2. The van der Waals surface area contributed by atoms with Crippen LogP contribution in [0.3, 0.4) is 0 Å². The molecule has 34 heavy (non-hydrogen) atoms. The summed E-state index contributed by atoms with van der Waals surface area (Å²) in [6.45, 7) is 10.7. The van der Waals surface area contributed by atoms with E-state index in [0.717, 1.165) is 57.8 Å². The fourth-order valence-corrected chi connectivity index (χ4v) is 3.57. The maximum absolute atomic E-state index is 12.3. The van der Waals surface area contributed by atoms with Crippen molar-refractivity contribution in [3.8, 4) is 0 Å². The molecular formula is C28H52O6. The Morgan fingerprint density at radius 3 is 1.44 bits per heavy atom. The van der Waals surface area contributed by atoms with Gasteiger partial charge in [-0.2, -0.15) is 0 Å². The summed E-state index contributed by atoms with van der Waals surface area (Å²) in [4.78, 5) is 36.4. The third-order valence-electron chi connectivity index (χ3n) is 5.72. The Kier molecular flexibility index (Phi) is 20.9. The first-order valence-corrected chi connectivity index (χ1v) is 13.7. The fourth-order valence-electron chi connectivity index (χ4n) is 3.57. The molecule has 0 saturated heterocycles. The minimum atomic E-state index is -0.759. The predicted octanol–water partition coefficient (Wildman–Crippen LogP) is 7.17. The summed E-state index contributed by atoms with van der Waals surface area (Å²) < 4.78 is 16.2. The first kappa shape index (κ1) is 32.4. The van der Waals surface area contributed by atoms with Gasteiger partial charge in [0.2, 0.25) is 0 Å². The van der Waals surface area contributed by atoms with E-state index in [1.807, 2.05) is 0 Å². The highest BCUT2D eigenvalue weighted by Crippen LogP contribution is 2.12. The Hall–Kier alpha value is -1.59. The topological polar surface area (TPSA) is 78.9 Å². The second-order valence-electron chi connectivity index (χ2n) is 10.3. The largest absolute Gasteiger partial charge is 0.462 e. The zero-order valence-corrected chi connectivity index (χ0v) is 22.7. The molecule has 0 spiro atoms. The SMILES string of the molecule is CCCCCCCCC(=O)OCC(COC(=O)CCCCC(C)C)OC(=O)CCCCC(C)C. The molecule has 1 atom stereocenters. The van der Waals surface area contributed by atoms with Gasteiger partial charge in [-0.25, -0.2) is 0 Å². The number of carbonyl (C=O) groups excluding carboxylic acids is 3. The third kappa shape index (κ3) is 22.2. The lowest BCUT2D eigenvalue weighted by molar-refractivity contribution is -0.167. The molecule has 0 heterocycles. The van der Waals surface area contributed by atoms with E-state index in [9.17, 15) is 14.4 Å². The predicted molar refractivity (Wildman–Crippen MR) is 136 cm³/mol. The number of esters is 3. The van der Waals surface area contributed by atoms with Gasteiger partial charge in [-0.1, -0.05) is 92.4 Å². The molecule has 1 unspecified atom stereocenters. The average molecular weight is 485 g/mol. The molecule has 0 saturated carbocycles. The van der Waals surface area contributed by atoms with Crippen LogP contribution in [0, 0.1) is 11.8 Å². The molecule has 6 heteroatoms. The van der Waals surface area contributed by atoms with E-state index in [0.29, 0.717) is 31.1 Å². The van der Waals surface area contributed by atoms with Crippen LogP contribution in [0.4, 0.5) is 0 Å².